The van der Waals surface area contributed by atoms with Gasteiger partial charge in [0.05, 0.1) is 5.52 Å². The first-order chi connectivity index (χ1) is 17.2. The van der Waals surface area contributed by atoms with E-state index >= 15 is 0 Å². The lowest BCUT2D eigenvalue weighted by Gasteiger charge is -2.34. The molecule has 0 bridgehead atoms. The molecule has 0 saturated carbocycles. The van der Waals surface area contributed by atoms with Crippen molar-refractivity contribution < 1.29 is 14.4 Å². The highest BCUT2D eigenvalue weighted by molar-refractivity contribution is 7.10. The summed E-state index contributed by atoms with van der Waals surface area (Å²) < 4.78 is 1.53. The van der Waals surface area contributed by atoms with Gasteiger partial charge in [-0.25, -0.2) is 4.68 Å². The zero-order valence-electron chi connectivity index (χ0n) is 20.8. The molecule has 0 aliphatic heterocycles. The molecular weight excluding hydrogens is 474 g/mol. The molecule has 0 saturated heterocycles. The Morgan fingerprint density at radius 3 is 2.56 bits per heavy atom. The third kappa shape index (κ3) is 5.36. The lowest BCUT2D eigenvalue weighted by Crippen LogP contribution is -2.50. The molecule has 0 fully saturated rings. The summed E-state index contributed by atoms with van der Waals surface area (Å²) in [7, 11) is 0. The van der Waals surface area contributed by atoms with Gasteiger partial charge in [-0.2, -0.15) is 0 Å². The zero-order chi connectivity index (χ0) is 25.9. The second-order valence-electron chi connectivity index (χ2n) is 9.25. The zero-order valence-corrected chi connectivity index (χ0v) is 21.6. The number of carbonyl (C=O) groups is 3. The summed E-state index contributed by atoms with van der Waals surface area (Å²) in [5, 5.41) is 13.3. The highest BCUT2D eigenvalue weighted by Crippen LogP contribution is 2.32. The van der Waals surface area contributed by atoms with Crippen molar-refractivity contribution in [3.05, 3.63) is 76.5 Å². The van der Waals surface area contributed by atoms with Crippen molar-refractivity contribution in [1.29, 1.82) is 0 Å². The Morgan fingerprint density at radius 1 is 1.08 bits per heavy atom. The fraction of sp³-hybridized carbons (Fsp3) is 0.296. The molecule has 8 nitrogen and oxygen atoms in total. The van der Waals surface area contributed by atoms with Crippen molar-refractivity contribution in [3.63, 3.8) is 0 Å². The Balaban J connectivity index is 1.82. The third-order valence-corrected chi connectivity index (χ3v) is 7.09. The number of aromatic nitrogens is 3. The summed E-state index contributed by atoms with van der Waals surface area (Å²) in [4.78, 5) is 42.1. The van der Waals surface area contributed by atoms with E-state index in [1.165, 1.54) is 27.8 Å². The van der Waals surface area contributed by atoms with Crippen LogP contribution in [-0.4, -0.2) is 38.1 Å². The lowest BCUT2D eigenvalue weighted by molar-refractivity contribution is -0.128. The van der Waals surface area contributed by atoms with Crippen molar-refractivity contribution in [2.45, 2.75) is 52.2 Å². The van der Waals surface area contributed by atoms with Gasteiger partial charge in [-0.05, 0) is 62.9 Å². The molecule has 0 aliphatic rings. The summed E-state index contributed by atoms with van der Waals surface area (Å²) in [6, 6.07) is 16.9. The number of nitrogens with zero attached hydrogens (tertiary/aromatic N) is 4. The van der Waals surface area contributed by atoms with Gasteiger partial charge >= 0.3 is 0 Å². The van der Waals surface area contributed by atoms with Crippen molar-refractivity contribution >= 4 is 45.7 Å². The van der Waals surface area contributed by atoms with Crippen molar-refractivity contribution in [2.75, 3.05) is 4.90 Å². The number of Topliss-reactive ketones (excluding diaryl/α,β-unsaturated/α-hetero) is 1. The van der Waals surface area contributed by atoms with Crippen LogP contribution < -0.4 is 10.2 Å². The number of nitrogens with one attached hydrogen (secondary N) is 1. The SMILES string of the molecule is CCC(C)(C)NC(=O)[C@H](c1cccs1)N(C(=O)Cn1nnc2ccccc21)c1cccc(C(C)=O)c1. The highest BCUT2D eigenvalue weighted by atomic mass is 32.1. The molecule has 0 aliphatic carbocycles. The van der Waals surface area contributed by atoms with Gasteiger partial charge in [0, 0.05) is 21.7 Å². The number of thiophene rings is 1. The van der Waals surface area contributed by atoms with Crippen LogP contribution in [0.5, 0.6) is 0 Å². The number of hydrogen-bond donors (Lipinski definition) is 1. The number of rotatable bonds is 9. The molecule has 2 aromatic carbocycles. The maximum absolute atomic E-state index is 14.0. The first-order valence-electron chi connectivity index (χ1n) is 11.8. The van der Waals surface area contributed by atoms with Crippen LogP contribution in [0.15, 0.2) is 66.0 Å². The molecule has 1 N–H and O–H groups in total. The van der Waals surface area contributed by atoms with Gasteiger partial charge in [0.1, 0.15) is 18.1 Å². The highest BCUT2D eigenvalue weighted by Gasteiger charge is 2.36. The summed E-state index contributed by atoms with van der Waals surface area (Å²) in [6.07, 6.45) is 0.717. The van der Waals surface area contributed by atoms with Crippen molar-refractivity contribution in [3.8, 4) is 0 Å². The van der Waals surface area contributed by atoms with E-state index in [4.69, 9.17) is 0 Å². The number of anilines is 1. The average molecular weight is 504 g/mol. The number of hydrogen-bond acceptors (Lipinski definition) is 6. The predicted molar refractivity (Wildman–Crippen MR) is 141 cm³/mol. The summed E-state index contributed by atoms with van der Waals surface area (Å²) in [6.45, 7) is 7.23. The van der Waals surface area contributed by atoms with E-state index < -0.39 is 11.6 Å². The fourth-order valence-electron chi connectivity index (χ4n) is 3.86. The summed E-state index contributed by atoms with van der Waals surface area (Å²) in [5.74, 6) is -0.778. The smallest absolute Gasteiger partial charge is 0.249 e. The van der Waals surface area contributed by atoms with Crippen LogP contribution in [0.1, 0.15) is 55.4 Å². The number of amides is 2. The Hall–Kier alpha value is -3.85. The molecule has 0 spiro atoms. The maximum atomic E-state index is 14.0. The standard InChI is InChI=1S/C27H29N5O3S/c1-5-27(3,4)28-26(35)25(23-14-9-15-36-23)32(20-11-8-10-19(16-20)18(2)33)24(34)17-31-22-13-7-6-12-21(22)29-30-31/h6-16,25H,5,17H2,1-4H3,(H,28,35)/t25-/m0/s1. The predicted octanol–water partition coefficient (Wildman–Crippen LogP) is 4.77. The molecule has 4 aromatic rings. The molecule has 2 amide bonds. The molecule has 4 rings (SSSR count). The van der Waals surface area contributed by atoms with Crippen molar-refractivity contribution in [1.82, 2.24) is 20.3 Å². The Kier molecular flexibility index (Phi) is 7.30. The molecule has 9 heteroatoms. The van der Waals surface area contributed by atoms with E-state index in [-0.39, 0.29) is 24.1 Å². The maximum Gasteiger partial charge on any atom is 0.249 e. The number of fused-ring (bicyclic) bond motifs is 1. The van der Waals surface area contributed by atoms with Crippen molar-refractivity contribution in [2.24, 2.45) is 0 Å². The number of ketones is 1. The Morgan fingerprint density at radius 2 is 1.86 bits per heavy atom. The molecule has 186 valence electrons. The van der Waals surface area contributed by atoms with Gasteiger partial charge in [-0.3, -0.25) is 19.3 Å². The third-order valence-electron chi connectivity index (χ3n) is 6.17. The van der Waals surface area contributed by atoms with Crippen LogP contribution in [0.25, 0.3) is 11.0 Å². The minimum atomic E-state index is -0.930. The molecule has 0 radical (unpaired) electrons. The minimum Gasteiger partial charge on any atom is -0.349 e. The molecule has 1 atom stereocenters. The van der Waals surface area contributed by atoms with Gasteiger partial charge in [0.2, 0.25) is 11.8 Å². The van der Waals surface area contributed by atoms with E-state index in [1.54, 1.807) is 24.3 Å². The van der Waals surface area contributed by atoms with Crippen LogP contribution in [0.2, 0.25) is 0 Å². The van der Waals surface area contributed by atoms with Gasteiger partial charge in [-0.15, -0.1) is 16.4 Å². The van der Waals surface area contributed by atoms with Crippen LogP contribution in [-0.2, 0) is 16.1 Å². The molecular formula is C27H29N5O3S. The normalized spacial score (nSPS) is 12.3. The van der Waals surface area contributed by atoms with E-state index in [1.807, 2.05) is 62.5 Å². The average Bonchev–Trinajstić information content (AvgIpc) is 3.52. The lowest BCUT2D eigenvalue weighted by atomic mass is 10.0. The topological polar surface area (TPSA) is 97.2 Å². The number of benzene rings is 2. The largest absolute Gasteiger partial charge is 0.349 e. The fourth-order valence-corrected chi connectivity index (χ4v) is 4.67. The van der Waals surface area contributed by atoms with Gasteiger partial charge < -0.3 is 5.32 Å². The van der Waals surface area contributed by atoms with Crippen LogP contribution in [0.3, 0.4) is 0 Å². The van der Waals surface area contributed by atoms with Crippen LogP contribution in [0.4, 0.5) is 5.69 Å². The second kappa shape index (κ2) is 10.4. The number of carbonyl (C=O) groups excluding carboxylic acids is 3. The molecule has 0 unspecified atom stereocenters. The monoisotopic (exact) mass is 503 g/mol. The molecule has 36 heavy (non-hydrogen) atoms. The van der Waals surface area contributed by atoms with Crippen LogP contribution >= 0.6 is 11.3 Å². The molecule has 2 heterocycles. The first kappa shape index (κ1) is 25.2. The Labute approximate surface area is 213 Å². The van der Waals surface area contributed by atoms with E-state index in [0.29, 0.717) is 33.6 Å². The first-order valence-corrected chi connectivity index (χ1v) is 12.6. The Bertz CT molecular complexity index is 1390. The van der Waals surface area contributed by atoms with Gasteiger partial charge in [0.25, 0.3) is 0 Å². The minimum absolute atomic E-state index is 0.128. The van der Waals surface area contributed by atoms with E-state index in [2.05, 4.69) is 15.6 Å². The quantitative estimate of drug-likeness (QED) is 0.332. The van der Waals surface area contributed by atoms with Gasteiger partial charge in [-0.1, -0.05) is 42.5 Å². The van der Waals surface area contributed by atoms with Crippen LogP contribution in [0, 0.1) is 0 Å². The molecule has 2 aromatic heterocycles. The van der Waals surface area contributed by atoms with Gasteiger partial charge in [0.15, 0.2) is 5.78 Å². The van der Waals surface area contributed by atoms with E-state index in [0.717, 1.165) is 0 Å². The summed E-state index contributed by atoms with van der Waals surface area (Å²) in [5.41, 5.74) is 1.83. The second-order valence-corrected chi connectivity index (χ2v) is 10.2. The number of para-hydroxylation sites is 1. The van der Waals surface area contributed by atoms with E-state index in [9.17, 15) is 14.4 Å². The summed E-state index contributed by atoms with van der Waals surface area (Å²) >= 11 is 1.40.